The molecule has 1 aromatic rings. The average Bonchev–Trinajstić information content (AvgIpc) is 2.05. The highest BCUT2D eigenvalue weighted by molar-refractivity contribution is 6.58. The lowest BCUT2D eigenvalue weighted by Crippen LogP contribution is -2.30. The van der Waals surface area contributed by atoms with Crippen molar-refractivity contribution < 1.29 is 14.8 Å². The van der Waals surface area contributed by atoms with Crippen molar-refractivity contribution >= 4 is 25.0 Å². The molecule has 5 nitrogen and oxygen atoms in total. The number of halogens is 1. The molecule has 0 radical (unpaired) electrons. The minimum atomic E-state index is -1.53. The second-order valence-corrected chi connectivity index (χ2v) is 1.88. The van der Waals surface area contributed by atoms with Crippen LogP contribution in [0.2, 0.25) is 0 Å². The van der Waals surface area contributed by atoms with Crippen molar-refractivity contribution in [3.63, 3.8) is 0 Å². The first-order chi connectivity index (χ1) is 5.24. The van der Waals surface area contributed by atoms with Gasteiger partial charge in [-0.15, -0.1) is 12.4 Å². The standard InChI is InChI=1S/C5H7BN2O3.ClH/c1-11-5-7-2-4(3-8-5)6(9)10;/h2-3,9-10H,1H3;1H. The zero-order valence-corrected chi connectivity index (χ0v) is 7.15. The van der Waals surface area contributed by atoms with Crippen molar-refractivity contribution in [3.8, 4) is 6.01 Å². The van der Waals surface area contributed by atoms with Gasteiger partial charge in [-0.25, -0.2) is 9.97 Å². The molecule has 2 N–H and O–H groups in total. The quantitative estimate of drug-likeness (QED) is 0.560. The fourth-order valence-corrected chi connectivity index (χ4v) is 0.565. The van der Waals surface area contributed by atoms with Gasteiger partial charge in [0.1, 0.15) is 0 Å². The van der Waals surface area contributed by atoms with Crippen molar-refractivity contribution in [1.29, 1.82) is 0 Å². The van der Waals surface area contributed by atoms with E-state index in [4.69, 9.17) is 10.0 Å². The summed E-state index contributed by atoms with van der Waals surface area (Å²) in [6.45, 7) is 0. The number of hydrogen-bond acceptors (Lipinski definition) is 5. The van der Waals surface area contributed by atoms with Crippen LogP contribution in [0, 0.1) is 0 Å². The van der Waals surface area contributed by atoms with Gasteiger partial charge >= 0.3 is 13.1 Å². The van der Waals surface area contributed by atoms with E-state index in [1.807, 2.05) is 0 Å². The minimum Gasteiger partial charge on any atom is -0.467 e. The van der Waals surface area contributed by atoms with E-state index in [1.54, 1.807) is 0 Å². The predicted octanol–water partition coefficient (Wildman–Crippen LogP) is -1.41. The summed E-state index contributed by atoms with van der Waals surface area (Å²) >= 11 is 0. The summed E-state index contributed by atoms with van der Waals surface area (Å²) in [4.78, 5) is 7.33. The Morgan fingerprint density at radius 1 is 1.33 bits per heavy atom. The van der Waals surface area contributed by atoms with Gasteiger partial charge in [0.25, 0.3) is 0 Å². The van der Waals surface area contributed by atoms with Crippen molar-refractivity contribution in [1.82, 2.24) is 9.97 Å². The molecular weight excluding hydrogens is 182 g/mol. The first-order valence-corrected chi connectivity index (χ1v) is 2.96. The molecule has 1 aromatic heterocycles. The van der Waals surface area contributed by atoms with E-state index in [0.717, 1.165) is 0 Å². The van der Waals surface area contributed by atoms with Gasteiger partial charge in [0.05, 0.1) is 7.11 Å². The van der Waals surface area contributed by atoms with Crippen LogP contribution in [0.15, 0.2) is 12.4 Å². The number of nitrogens with zero attached hydrogens (tertiary/aromatic N) is 2. The fourth-order valence-electron chi connectivity index (χ4n) is 0.565. The molecule has 0 aliphatic heterocycles. The highest BCUT2D eigenvalue weighted by Crippen LogP contribution is 1.93. The Morgan fingerprint density at radius 2 is 1.83 bits per heavy atom. The predicted molar refractivity (Wildman–Crippen MR) is 45.7 cm³/mol. The Morgan fingerprint density at radius 3 is 2.17 bits per heavy atom. The van der Waals surface area contributed by atoms with Crippen LogP contribution < -0.4 is 10.2 Å². The molecule has 66 valence electrons. The third-order valence-electron chi connectivity index (χ3n) is 1.13. The molecule has 0 saturated carbocycles. The first kappa shape index (κ1) is 11.2. The van der Waals surface area contributed by atoms with Gasteiger partial charge in [-0.3, -0.25) is 0 Å². The van der Waals surface area contributed by atoms with E-state index in [9.17, 15) is 0 Å². The molecule has 0 unspecified atom stereocenters. The normalized spacial score (nSPS) is 8.58. The average molecular weight is 190 g/mol. The van der Waals surface area contributed by atoms with Gasteiger partial charge in [0.15, 0.2) is 0 Å². The monoisotopic (exact) mass is 190 g/mol. The zero-order chi connectivity index (χ0) is 8.27. The molecule has 0 atom stereocenters. The van der Waals surface area contributed by atoms with Gasteiger partial charge in [-0.05, 0) is 0 Å². The molecule has 0 aliphatic carbocycles. The highest BCUT2D eigenvalue weighted by Gasteiger charge is 2.11. The van der Waals surface area contributed by atoms with Crippen LogP contribution in [0.1, 0.15) is 0 Å². The molecule has 1 heterocycles. The summed E-state index contributed by atoms with van der Waals surface area (Å²) in [6.07, 6.45) is 2.58. The summed E-state index contributed by atoms with van der Waals surface area (Å²) in [7, 11) is -0.0920. The molecule has 1 rings (SSSR count). The van der Waals surface area contributed by atoms with E-state index in [1.165, 1.54) is 19.5 Å². The van der Waals surface area contributed by atoms with Crippen LogP contribution in [0.4, 0.5) is 0 Å². The van der Waals surface area contributed by atoms with Crippen molar-refractivity contribution in [2.75, 3.05) is 7.11 Å². The molecular formula is C5H8BClN2O3. The van der Waals surface area contributed by atoms with Crippen molar-refractivity contribution in [2.24, 2.45) is 0 Å². The number of aromatic nitrogens is 2. The second kappa shape index (κ2) is 4.92. The van der Waals surface area contributed by atoms with E-state index in [0.29, 0.717) is 0 Å². The highest BCUT2D eigenvalue weighted by atomic mass is 35.5. The summed E-state index contributed by atoms with van der Waals surface area (Å²) in [5.74, 6) is 0. The molecule has 0 aliphatic rings. The molecule has 0 bridgehead atoms. The fraction of sp³-hybridized carbons (Fsp3) is 0.200. The Balaban J connectivity index is 0.00000121. The van der Waals surface area contributed by atoms with Crippen LogP contribution in [0.3, 0.4) is 0 Å². The van der Waals surface area contributed by atoms with Gasteiger partial charge in [0, 0.05) is 17.9 Å². The molecule has 0 saturated heterocycles. The second-order valence-electron chi connectivity index (χ2n) is 1.88. The minimum absolute atomic E-state index is 0. The zero-order valence-electron chi connectivity index (χ0n) is 6.34. The SMILES string of the molecule is COc1ncc(B(O)O)cn1.Cl. The van der Waals surface area contributed by atoms with Crippen LogP contribution >= 0.6 is 12.4 Å². The molecule has 7 heteroatoms. The van der Waals surface area contributed by atoms with Gasteiger partial charge in [-0.2, -0.15) is 0 Å². The molecule has 0 fully saturated rings. The van der Waals surface area contributed by atoms with Gasteiger partial charge < -0.3 is 14.8 Å². The van der Waals surface area contributed by atoms with Crippen LogP contribution in [-0.2, 0) is 0 Å². The summed E-state index contributed by atoms with van der Waals surface area (Å²) in [5.41, 5.74) is 0.241. The number of rotatable bonds is 2. The lowest BCUT2D eigenvalue weighted by molar-refractivity contribution is 0.379. The lowest BCUT2D eigenvalue weighted by atomic mass is 9.83. The lowest BCUT2D eigenvalue weighted by Gasteiger charge is -1.98. The number of hydrogen-bond donors (Lipinski definition) is 2. The smallest absolute Gasteiger partial charge is 0.467 e. The van der Waals surface area contributed by atoms with E-state index in [-0.39, 0.29) is 23.9 Å². The first-order valence-electron chi connectivity index (χ1n) is 2.96. The Labute approximate surface area is 76.0 Å². The summed E-state index contributed by atoms with van der Waals surface area (Å²) < 4.78 is 4.66. The van der Waals surface area contributed by atoms with E-state index < -0.39 is 7.12 Å². The summed E-state index contributed by atoms with van der Waals surface area (Å²) in [5, 5.41) is 17.2. The maximum atomic E-state index is 8.62. The third kappa shape index (κ3) is 2.65. The Bertz CT molecular complexity index is 231. The Kier molecular flexibility index (Phi) is 4.57. The summed E-state index contributed by atoms with van der Waals surface area (Å²) in [6, 6.07) is 0.203. The Hall–Kier alpha value is -0.845. The van der Waals surface area contributed by atoms with Crippen LogP contribution in [-0.4, -0.2) is 34.2 Å². The topological polar surface area (TPSA) is 75.5 Å². The number of ether oxygens (including phenoxy) is 1. The van der Waals surface area contributed by atoms with Gasteiger partial charge in [-0.1, -0.05) is 0 Å². The molecule has 0 amide bonds. The third-order valence-corrected chi connectivity index (χ3v) is 1.13. The largest absolute Gasteiger partial charge is 0.491 e. The maximum Gasteiger partial charge on any atom is 0.491 e. The number of methoxy groups -OCH3 is 1. The maximum absolute atomic E-state index is 8.62. The van der Waals surface area contributed by atoms with Crippen molar-refractivity contribution in [2.45, 2.75) is 0 Å². The molecule has 0 aromatic carbocycles. The van der Waals surface area contributed by atoms with Crippen LogP contribution in [0.25, 0.3) is 0 Å². The van der Waals surface area contributed by atoms with Crippen molar-refractivity contribution in [3.05, 3.63) is 12.4 Å². The van der Waals surface area contributed by atoms with E-state index >= 15 is 0 Å². The molecule has 12 heavy (non-hydrogen) atoms. The molecule has 0 spiro atoms. The van der Waals surface area contributed by atoms with Crippen LogP contribution in [0.5, 0.6) is 6.01 Å². The van der Waals surface area contributed by atoms with E-state index in [2.05, 4.69) is 14.7 Å². The van der Waals surface area contributed by atoms with Gasteiger partial charge in [0.2, 0.25) is 0 Å².